The zero-order valence-corrected chi connectivity index (χ0v) is 16.6. The van der Waals surface area contributed by atoms with Gasteiger partial charge in [-0.25, -0.2) is 0 Å². The maximum Gasteiger partial charge on any atom is 0.106 e. The van der Waals surface area contributed by atoms with Crippen molar-refractivity contribution < 1.29 is 131 Å². The molecule has 5 nitrogen and oxygen atoms in total. The molecule has 0 heterocycles. The second kappa shape index (κ2) is 4820. The average Bonchev–Trinajstić information content (AvgIpc) is 2.20. The van der Waals surface area contributed by atoms with Crippen molar-refractivity contribution in [3.63, 3.8) is 0 Å². The fraction of sp³-hybridized carbons (Fsp3) is 0. The first-order valence-corrected chi connectivity index (χ1v) is 1.44. The zero-order chi connectivity index (χ0) is 10.0. The summed E-state index contributed by atoms with van der Waals surface area (Å²) in [7, 11) is 0. The minimum absolute atomic E-state index is 0. The normalized spacial score (nSPS) is 1.11. The Morgan fingerprint density at radius 2 is 0.278 bits per heavy atom. The molecule has 0 aliphatic carbocycles. The van der Waals surface area contributed by atoms with Gasteiger partial charge >= 0.3 is 0 Å². The van der Waals surface area contributed by atoms with Crippen LogP contribution in [0.2, 0.25) is 0 Å². The van der Waals surface area contributed by atoms with Gasteiger partial charge in [0.25, 0.3) is 0 Å². The summed E-state index contributed by atoms with van der Waals surface area (Å²) >= 11 is 0. The van der Waals surface area contributed by atoms with Crippen molar-refractivity contribution in [1.82, 2.24) is 0 Å². The van der Waals surface area contributed by atoms with Crippen molar-refractivity contribution in [3.8, 4) is 0 Å². The third-order valence-corrected chi connectivity index (χ3v) is 0. The number of carbonyl (C=O) groups excluding carboxylic acids is 5. The molecule has 0 aliphatic rings. The van der Waals surface area contributed by atoms with Gasteiger partial charge in [0.05, 0.1) is 0 Å². The number of hydrogen-bond donors (Lipinski definition) is 0. The Bertz CT molecular complexity index is 43.8. The minimum Gasteiger partial charge on any atom is -1.00 e. The average molecular weight is 585 g/mol. The molecule has 0 rings (SSSR count). The molecule has 0 bridgehead atoms. The molecule has 0 aromatic rings. The summed E-state index contributed by atoms with van der Waals surface area (Å²) in [6, 6.07) is 0. The van der Waals surface area contributed by atoms with E-state index in [1.54, 1.807) is 0 Å². The van der Waals surface area contributed by atoms with E-state index in [1.165, 1.54) is 0 Å². The van der Waals surface area contributed by atoms with Gasteiger partial charge in [-0.05, 0) is 0 Å². The Balaban J connectivity index is -0.00000000142. The van der Waals surface area contributed by atoms with Gasteiger partial charge in [0.2, 0.25) is 0 Å². The van der Waals surface area contributed by atoms with Crippen LogP contribution in [0.5, 0.6) is 0 Å². The Hall–Kier alpha value is 1.04. The van der Waals surface area contributed by atoms with Crippen molar-refractivity contribution in [2.45, 2.75) is 0 Å². The van der Waals surface area contributed by atoms with Crippen LogP contribution < -0.4 is 86.8 Å². The second-order valence-corrected chi connectivity index (χ2v) is 0. The molecule has 0 spiro atoms. The molecule has 123 valence electrons. The molecule has 0 atom stereocenters. The Kier molecular flexibility index (Phi) is 45500. The van der Waals surface area contributed by atoms with Gasteiger partial charge in [-0.1, -0.05) is 0 Å². The molecule has 1 radical (unpaired) electrons. The van der Waals surface area contributed by atoms with E-state index in [-0.39, 0.29) is 107 Å². The van der Waals surface area contributed by atoms with Crippen LogP contribution in [0.3, 0.4) is 0 Å². The zero-order valence-electron chi connectivity index (χ0n) is 8.60. The van der Waals surface area contributed by atoms with E-state index in [0.717, 1.165) is 0 Å². The van der Waals surface area contributed by atoms with E-state index >= 15 is 0 Å². The molecule has 18 heavy (non-hydrogen) atoms. The van der Waals surface area contributed by atoms with E-state index < -0.39 is 0 Å². The Morgan fingerprint density at radius 1 is 0.278 bits per heavy atom. The molecule has 13 heteroatoms. The van der Waals surface area contributed by atoms with Crippen LogP contribution in [0.1, 0.15) is 0 Å². The number of rotatable bonds is 0. The van der Waals surface area contributed by atoms with Crippen molar-refractivity contribution in [3.05, 3.63) is 0 Å². The molecule has 0 fully saturated rings. The summed E-state index contributed by atoms with van der Waals surface area (Å²) in [6.45, 7) is 10.0. The Labute approximate surface area is 164 Å². The predicted octanol–water partition coefficient (Wildman–Crippen LogP) is -21.9. The molecular weight excluding hydrogens is 574 g/mol. The van der Waals surface area contributed by atoms with Crippen molar-refractivity contribution >= 4 is 33.9 Å². The summed E-state index contributed by atoms with van der Waals surface area (Å²) in [4.78, 5) is 40.0. The first-order valence-electron chi connectivity index (χ1n) is 1.44. The van der Waals surface area contributed by atoms with Gasteiger partial charge < -0.3 is 111 Å². The largest absolute Gasteiger partial charge is 1.00 e. The van der Waals surface area contributed by atoms with Crippen LogP contribution in [-0.4, -0.2) is 33.9 Å². The van der Waals surface area contributed by atoms with Gasteiger partial charge in [0.1, 0.15) is 33.9 Å². The van der Waals surface area contributed by atoms with Crippen LogP contribution in [0.15, 0.2) is 0 Å². The van der Waals surface area contributed by atoms with Crippen LogP contribution in [-0.2, 0) is 44.4 Å². The van der Waals surface area contributed by atoms with E-state index in [4.69, 9.17) is 24.0 Å². The number of carbonyl (C=O) groups is 5. The van der Waals surface area contributed by atoms with Gasteiger partial charge in [-0.2, -0.15) is 0 Å². The minimum atomic E-state index is 0. The SMILES string of the molecule is C=O.C=O.C=O.C=O.C=O.[Cl-].[Cl-].[Cl-].[Cl-].[Cl-].[Cl-].[Cl-].[Re]. The first-order chi connectivity index (χ1) is 5.00. The maximum absolute atomic E-state index is 8.00. The summed E-state index contributed by atoms with van der Waals surface area (Å²) in [5.74, 6) is 0. The second-order valence-electron chi connectivity index (χ2n) is 0. The van der Waals surface area contributed by atoms with Crippen LogP contribution in [0, 0.1) is 0 Å². The monoisotopic (exact) mass is 582 g/mol. The summed E-state index contributed by atoms with van der Waals surface area (Å²) in [5, 5.41) is 0. The molecule has 0 aromatic carbocycles. The summed E-state index contributed by atoms with van der Waals surface area (Å²) in [6.07, 6.45) is 0. The smallest absolute Gasteiger partial charge is 0.106 e. The van der Waals surface area contributed by atoms with Crippen molar-refractivity contribution in [2.75, 3.05) is 0 Å². The summed E-state index contributed by atoms with van der Waals surface area (Å²) in [5.41, 5.74) is 0. The van der Waals surface area contributed by atoms with Gasteiger partial charge in [-0.3, -0.25) is 0 Å². The Morgan fingerprint density at radius 3 is 0.278 bits per heavy atom. The molecule has 0 saturated heterocycles. The number of halogens is 7. The van der Waals surface area contributed by atoms with Crippen LogP contribution in [0.25, 0.3) is 0 Å². The van der Waals surface area contributed by atoms with E-state index in [1.807, 2.05) is 33.9 Å². The standard InChI is InChI=1S/5CH2O.7ClH.Re/c5*1-2;;;;;;;;/h5*1H2;7*1H;/p-7. The molecule has 0 N–H and O–H groups in total. The fourth-order valence-electron chi connectivity index (χ4n) is 0. The van der Waals surface area contributed by atoms with E-state index in [9.17, 15) is 0 Å². The molecule has 0 unspecified atom stereocenters. The first kappa shape index (κ1) is 170. The van der Waals surface area contributed by atoms with Gasteiger partial charge in [0, 0.05) is 20.4 Å². The van der Waals surface area contributed by atoms with Crippen LogP contribution in [0.4, 0.5) is 0 Å². The fourth-order valence-corrected chi connectivity index (χ4v) is 0. The molecule has 0 amide bonds. The maximum atomic E-state index is 8.00. The van der Waals surface area contributed by atoms with Crippen molar-refractivity contribution in [2.24, 2.45) is 0 Å². The molecular formula is C5H10Cl7O5Re-7. The van der Waals surface area contributed by atoms with Crippen LogP contribution >= 0.6 is 0 Å². The third kappa shape index (κ3) is 4040. The topological polar surface area (TPSA) is 85.3 Å². The van der Waals surface area contributed by atoms with E-state index in [2.05, 4.69) is 0 Å². The number of hydrogen-bond acceptors (Lipinski definition) is 5. The molecule has 0 saturated carbocycles. The van der Waals surface area contributed by atoms with Gasteiger partial charge in [-0.15, -0.1) is 0 Å². The van der Waals surface area contributed by atoms with Crippen molar-refractivity contribution in [1.29, 1.82) is 0 Å². The van der Waals surface area contributed by atoms with Gasteiger partial charge in [0.15, 0.2) is 0 Å². The third-order valence-electron chi connectivity index (χ3n) is 0. The predicted molar refractivity (Wildman–Crippen MR) is 35.6 cm³/mol. The molecule has 0 aliphatic heterocycles. The quantitative estimate of drug-likeness (QED) is 0.283. The van der Waals surface area contributed by atoms with E-state index in [0.29, 0.717) is 0 Å². The molecule has 0 aromatic heterocycles. The summed E-state index contributed by atoms with van der Waals surface area (Å²) < 4.78 is 0.